The van der Waals surface area contributed by atoms with Gasteiger partial charge in [-0.1, -0.05) is 34.2 Å². The van der Waals surface area contributed by atoms with Gasteiger partial charge >= 0.3 is 0 Å². The highest BCUT2D eigenvalue weighted by Crippen LogP contribution is 2.28. The number of nitrogens with one attached hydrogen (secondary N) is 1. The third kappa shape index (κ3) is 2.72. The molecule has 0 aliphatic carbocycles. The van der Waals surface area contributed by atoms with Crippen LogP contribution in [0.4, 0.5) is 5.13 Å². The van der Waals surface area contributed by atoms with Gasteiger partial charge in [-0.2, -0.15) is 0 Å². The largest absolute Gasteiger partial charge is 0.301 e. The summed E-state index contributed by atoms with van der Waals surface area (Å²) in [5.41, 5.74) is 3.41. The average Bonchev–Trinajstić information content (AvgIpc) is 2.70. The zero-order valence-corrected chi connectivity index (χ0v) is 13.0. The third-order valence-electron chi connectivity index (χ3n) is 2.88. The summed E-state index contributed by atoms with van der Waals surface area (Å²) < 4.78 is 1.11. The van der Waals surface area contributed by atoms with Crippen molar-refractivity contribution in [2.45, 2.75) is 32.0 Å². The van der Waals surface area contributed by atoms with Gasteiger partial charge in [0.25, 0.3) is 0 Å². The molecule has 1 atom stereocenters. The predicted molar refractivity (Wildman–Crippen MR) is 80.7 cm³/mol. The van der Waals surface area contributed by atoms with Crippen LogP contribution in [0.2, 0.25) is 0 Å². The SMILES string of the molecule is CC[C@H](Br)C(=O)Nc1nc2cc(C)c(C)cc2s1. The van der Waals surface area contributed by atoms with Gasteiger partial charge in [0.2, 0.25) is 5.91 Å². The van der Waals surface area contributed by atoms with E-state index in [1.165, 1.54) is 22.5 Å². The summed E-state index contributed by atoms with van der Waals surface area (Å²) in [4.78, 5) is 16.0. The second-order valence-corrected chi connectivity index (χ2v) is 6.42. The number of thiazole rings is 1. The molecule has 1 aromatic heterocycles. The van der Waals surface area contributed by atoms with Crippen LogP contribution in [0, 0.1) is 13.8 Å². The van der Waals surface area contributed by atoms with E-state index in [0.717, 1.165) is 16.6 Å². The quantitative estimate of drug-likeness (QED) is 0.865. The molecule has 0 bridgehead atoms. The second-order valence-electron chi connectivity index (χ2n) is 4.29. The Morgan fingerprint density at radius 2 is 2.11 bits per heavy atom. The molecule has 2 aromatic rings. The maximum atomic E-state index is 11.8. The predicted octanol–water partition coefficient (Wildman–Crippen LogP) is 4.03. The molecule has 1 amide bonds. The summed E-state index contributed by atoms with van der Waals surface area (Å²) in [7, 11) is 0. The molecule has 96 valence electrons. The number of benzene rings is 1. The van der Waals surface area contributed by atoms with Crippen molar-refractivity contribution in [2.75, 3.05) is 5.32 Å². The van der Waals surface area contributed by atoms with Crippen LogP contribution in [0.25, 0.3) is 10.2 Å². The van der Waals surface area contributed by atoms with E-state index < -0.39 is 0 Å². The van der Waals surface area contributed by atoms with Crippen molar-refractivity contribution in [3.63, 3.8) is 0 Å². The van der Waals surface area contributed by atoms with Crippen LogP contribution in [-0.4, -0.2) is 15.7 Å². The lowest BCUT2D eigenvalue weighted by atomic mass is 10.1. The van der Waals surface area contributed by atoms with E-state index in [1.807, 2.05) is 6.92 Å². The molecule has 0 radical (unpaired) electrons. The van der Waals surface area contributed by atoms with Crippen LogP contribution >= 0.6 is 27.3 Å². The number of carbonyl (C=O) groups excluding carboxylic acids is 1. The summed E-state index contributed by atoms with van der Waals surface area (Å²) in [5.74, 6) is -0.0370. The first-order valence-corrected chi connectivity index (χ1v) is 7.57. The third-order valence-corrected chi connectivity index (χ3v) is 4.87. The molecule has 0 aliphatic rings. The fraction of sp³-hybridized carbons (Fsp3) is 0.385. The molecule has 0 saturated heterocycles. The van der Waals surface area contributed by atoms with E-state index in [1.54, 1.807) is 0 Å². The lowest BCUT2D eigenvalue weighted by Crippen LogP contribution is -2.21. The lowest BCUT2D eigenvalue weighted by Gasteiger charge is -2.04. The highest BCUT2D eigenvalue weighted by molar-refractivity contribution is 9.10. The van der Waals surface area contributed by atoms with Crippen LogP contribution in [0.3, 0.4) is 0 Å². The maximum Gasteiger partial charge on any atom is 0.239 e. The van der Waals surface area contributed by atoms with Crippen molar-refractivity contribution in [3.8, 4) is 0 Å². The first-order chi connectivity index (χ1) is 8.51. The topological polar surface area (TPSA) is 42.0 Å². The van der Waals surface area contributed by atoms with E-state index in [9.17, 15) is 4.79 Å². The number of aryl methyl sites for hydroxylation is 2. The molecule has 18 heavy (non-hydrogen) atoms. The maximum absolute atomic E-state index is 11.8. The highest BCUT2D eigenvalue weighted by atomic mass is 79.9. The molecule has 0 aliphatic heterocycles. The summed E-state index contributed by atoms with van der Waals surface area (Å²) in [6.07, 6.45) is 0.759. The number of carbonyl (C=O) groups is 1. The first kappa shape index (κ1) is 13.5. The van der Waals surface area contributed by atoms with Gasteiger partial charge in [0.1, 0.15) is 0 Å². The zero-order chi connectivity index (χ0) is 13.3. The molecule has 1 aromatic carbocycles. The Hall–Kier alpha value is -0.940. The molecule has 0 spiro atoms. The molecule has 0 unspecified atom stereocenters. The number of hydrogen-bond donors (Lipinski definition) is 1. The summed E-state index contributed by atoms with van der Waals surface area (Å²) in [6.45, 7) is 6.11. The van der Waals surface area contributed by atoms with Crippen LogP contribution < -0.4 is 5.32 Å². The van der Waals surface area contributed by atoms with E-state index >= 15 is 0 Å². The fourth-order valence-electron chi connectivity index (χ4n) is 1.60. The Morgan fingerprint density at radius 1 is 1.44 bits per heavy atom. The number of nitrogens with zero attached hydrogens (tertiary/aromatic N) is 1. The van der Waals surface area contributed by atoms with Gasteiger partial charge in [0.15, 0.2) is 5.13 Å². The fourth-order valence-corrected chi connectivity index (χ4v) is 2.67. The number of aromatic nitrogens is 1. The van der Waals surface area contributed by atoms with Gasteiger partial charge in [-0.3, -0.25) is 4.79 Å². The normalized spacial score (nSPS) is 12.7. The number of alkyl halides is 1. The lowest BCUT2D eigenvalue weighted by molar-refractivity contribution is -0.115. The van der Waals surface area contributed by atoms with E-state index in [4.69, 9.17) is 0 Å². The Labute approximate surface area is 119 Å². The standard InChI is InChI=1S/C13H15BrN2OS/c1-4-9(14)12(17)16-13-15-10-5-7(2)8(3)6-11(10)18-13/h5-6,9H,4H2,1-3H3,(H,15,16,17)/t9-/m0/s1. The van der Waals surface area contributed by atoms with E-state index in [2.05, 4.69) is 52.2 Å². The van der Waals surface area contributed by atoms with Gasteiger partial charge in [-0.25, -0.2) is 4.98 Å². The van der Waals surface area contributed by atoms with Crippen LogP contribution in [0.1, 0.15) is 24.5 Å². The Morgan fingerprint density at radius 3 is 2.78 bits per heavy atom. The average molecular weight is 327 g/mol. The summed E-state index contributed by atoms with van der Waals surface area (Å²) in [5, 5.41) is 3.51. The molecule has 3 nitrogen and oxygen atoms in total. The molecule has 2 rings (SSSR count). The molecule has 1 heterocycles. The number of halogens is 1. The second kappa shape index (κ2) is 5.36. The Bertz CT molecular complexity index is 555. The number of fused-ring (bicyclic) bond motifs is 1. The summed E-state index contributed by atoms with van der Waals surface area (Å²) in [6, 6.07) is 4.17. The van der Waals surface area contributed by atoms with Gasteiger partial charge in [-0.15, -0.1) is 0 Å². The van der Waals surface area contributed by atoms with Crippen molar-refractivity contribution < 1.29 is 4.79 Å². The van der Waals surface area contributed by atoms with E-state index in [-0.39, 0.29) is 10.7 Å². The monoisotopic (exact) mass is 326 g/mol. The van der Waals surface area contributed by atoms with Crippen molar-refractivity contribution in [1.29, 1.82) is 0 Å². The number of rotatable bonds is 3. The Balaban J connectivity index is 2.28. The van der Waals surface area contributed by atoms with Crippen LogP contribution in [0.5, 0.6) is 0 Å². The molecular formula is C13H15BrN2OS. The Kier molecular flexibility index (Phi) is 4.02. The molecule has 0 fully saturated rings. The number of anilines is 1. The van der Waals surface area contributed by atoms with Crippen LogP contribution in [-0.2, 0) is 4.79 Å². The summed E-state index contributed by atoms with van der Waals surface area (Å²) >= 11 is 4.84. The van der Waals surface area contributed by atoms with Crippen LogP contribution in [0.15, 0.2) is 12.1 Å². The number of amides is 1. The minimum Gasteiger partial charge on any atom is -0.301 e. The van der Waals surface area contributed by atoms with Crippen molar-refractivity contribution >= 4 is 48.5 Å². The first-order valence-electron chi connectivity index (χ1n) is 5.84. The molecular weight excluding hydrogens is 312 g/mol. The molecule has 5 heteroatoms. The van der Waals surface area contributed by atoms with Crippen molar-refractivity contribution in [3.05, 3.63) is 23.3 Å². The van der Waals surface area contributed by atoms with Gasteiger partial charge < -0.3 is 5.32 Å². The smallest absolute Gasteiger partial charge is 0.239 e. The highest BCUT2D eigenvalue weighted by Gasteiger charge is 2.14. The van der Waals surface area contributed by atoms with E-state index in [0.29, 0.717) is 5.13 Å². The molecule has 1 N–H and O–H groups in total. The minimum absolute atomic E-state index is 0.0370. The van der Waals surface area contributed by atoms with Crippen molar-refractivity contribution in [2.24, 2.45) is 0 Å². The van der Waals surface area contributed by atoms with Gasteiger partial charge in [0, 0.05) is 0 Å². The minimum atomic E-state index is -0.159. The molecule has 0 saturated carbocycles. The van der Waals surface area contributed by atoms with Gasteiger partial charge in [0.05, 0.1) is 15.0 Å². The van der Waals surface area contributed by atoms with Gasteiger partial charge in [-0.05, 0) is 43.5 Å². The van der Waals surface area contributed by atoms with Crippen molar-refractivity contribution in [1.82, 2.24) is 4.98 Å². The zero-order valence-electron chi connectivity index (χ0n) is 10.6. The number of hydrogen-bond acceptors (Lipinski definition) is 3.